The molecule has 0 saturated carbocycles. The predicted octanol–water partition coefficient (Wildman–Crippen LogP) is 0.654. The summed E-state index contributed by atoms with van der Waals surface area (Å²) in [5.41, 5.74) is 2.61. The van der Waals surface area contributed by atoms with Gasteiger partial charge in [0.1, 0.15) is 11.8 Å². The highest BCUT2D eigenvalue weighted by Gasteiger charge is 2.29. The van der Waals surface area contributed by atoms with Gasteiger partial charge in [-0.05, 0) is 20.3 Å². The van der Waals surface area contributed by atoms with Crippen molar-refractivity contribution >= 4 is 17.8 Å². The number of methoxy groups -OCH3 is 1. The molecule has 0 spiro atoms. The fourth-order valence-electron chi connectivity index (χ4n) is 2.66. The van der Waals surface area contributed by atoms with E-state index >= 15 is 0 Å². The molecule has 0 aliphatic carbocycles. The van der Waals surface area contributed by atoms with Crippen molar-refractivity contribution in [1.82, 2.24) is 20.5 Å². The molecule has 1 aromatic rings. The molecule has 2 heterocycles. The van der Waals surface area contributed by atoms with Gasteiger partial charge >= 0.3 is 6.03 Å². The number of rotatable bonds is 6. The number of ether oxygens (including phenoxy) is 1. The maximum absolute atomic E-state index is 12.2. The minimum absolute atomic E-state index is 0.121. The number of nitrogens with one attached hydrogen (secondary N) is 2. The molecule has 4 amide bonds. The van der Waals surface area contributed by atoms with Crippen LogP contribution in [0.3, 0.4) is 0 Å². The molecule has 0 aromatic carbocycles. The van der Waals surface area contributed by atoms with Crippen molar-refractivity contribution in [3.05, 3.63) is 23.0 Å². The summed E-state index contributed by atoms with van der Waals surface area (Å²) < 4.78 is 5.37. The van der Waals surface area contributed by atoms with E-state index in [0.29, 0.717) is 6.54 Å². The van der Waals surface area contributed by atoms with E-state index in [1.54, 1.807) is 25.3 Å². The Morgan fingerprint density at radius 1 is 1.38 bits per heavy atom. The van der Waals surface area contributed by atoms with Gasteiger partial charge in [0.2, 0.25) is 5.91 Å². The Balaban J connectivity index is 1.94. The lowest BCUT2D eigenvalue weighted by Gasteiger charge is -2.20. The van der Waals surface area contributed by atoms with Gasteiger partial charge in [0.05, 0.1) is 19.3 Å². The fourth-order valence-corrected chi connectivity index (χ4v) is 2.66. The molecule has 0 radical (unpaired) electrons. The quantitative estimate of drug-likeness (QED) is 0.744. The Kier molecular flexibility index (Phi) is 5.38. The molecule has 1 aliphatic rings. The predicted molar refractivity (Wildman–Crippen MR) is 86.4 cm³/mol. The van der Waals surface area contributed by atoms with Crippen molar-refractivity contribution in [3.8, 4) is 5.75 Å². The molecule has 1 atom stereocenters. The fraction of sp³-hybridized carbons (Fsp3) is 0.500. The van der Waals surface area contributed by atoms with Gasteiger partial charge < -0.3 is 15.0 Å². The largest absolute Gasteiger partial charge is 0.496 e. The summed E-state index contributed by atoms with van der Waals surface area (Å²) in [6.07, 6.45) is 2.15. The number of aryl methyl sites for hydroxylation is 1. The molecule has 0 bridgehead atoms. The summed E-state index contributed by atoms with van der Waals surface area (Å²) in [5, 5.41) is 4.63. The number of imide groups is 1. The second-order valence-corrected chi connectivity index (χ2v) is 5.85. The monoisotopic (exact) mass is 334 g/mol. The third kappa shape index (κ3) is 3.81. The lowest BCUT2D eigenvalue weighted by Crippen LogP contribution is -2.32. The number of pyridine rings is 1. The van der Waals surface area contributed by atoms with Crippen molar-refractivity contribution in [2.45, 2.75) is 39.3 Å². The minimum atomic E-state index is -0.644. The molecule has 24 heavy (non-hydrogen) atoms. The number of aromatic nitrogens is 1. The van der Waals surface area contributed by atoms with Crippen LogP contribution in [-0.4, -0.2) is 47.9 Å². The third-order valence-electron chi connectivity index (χ3n) is 4.07. The average Bonchev–Trinajstić information content (AvgIpc) is 2.85. The number of amides is 4. The molecule has 8 heteroatoms. The van der Waals surface area contributed by atoms with Gasteiger partial charge in [-0.2, -0.15) is 0 Å². The summed E-state index contributed by atoms with van der Waals surface area (Å²) in [6.45, 7) is 4.17. The SMILES string of the molecule is COc1c(C)cnc(CN(C)C(=O)CCC2NC(=O)NC2=O)c1C. The Morgan fingerprint density at radius 2 is 2.08 bits per heavy atom. The minimum Gasteiger partial charge on any atom is -0.496 e. The van der Waals surface area contributed by atoms with Crippen molar-refractivity contribution in [1.29, 1.82) is 0 Å². The van der Waals surface area contributed by atoms with Crippen molar-refractivity contribution in [2.24, 2.45) is 0 Å². The van der Waals surface area contributed by atoms with Crippen LogP contribution in [0.15, 0.2) is 6.20 Å². The Bertz CT molecular complexity index is 674. The third-order valence-corrected chi connectivity index (χ3v) is 4.07. The normalized spacial score (nSPS) is 16.6. The Morgan fingerprint density at radius 3 is 2.67 bits per heavy atom. The van der Waals surface area contributed by atoms with Gasteiger partial charge in [0.15, 0.2) is 0 Å². The zero-order chi connectivity index (χ0) is 17.9. The highest BCUT2D eigenvalue weighted by Crippen LogP contribution is 2.24. The molecule has 1 fully saturated rings. The first-order valence-electron chi connectivity index (χ1n) is 7.67. The van der Waals surface area contributed by atoms with Crippen molar-refractivity contribution in [3.63, 3.8) is 0 Å². The molecular formula is C16H22N4O4. The number of carbonyl (C=O) groups is 3. The van der Waals surface area contributed by atoms with Gasteiger partial charge in [-0.3, -0.25) is 19.9 Å². The number of carbonyl (C=O) groups excluding carboxylic acids is 3. The molecule has 8 nitrogen and oxygen atoms in total. The summed E-state index contributed by atoms with van der Waals surface area (Å²) in [7, 11) is 3.29. The van der Waals surface area contributed by atoms with E-state index in [1.807, 2.05) is 13.8 Å². The van der Waals surface area contributed by atoms with E-state index in [0.717, 1.165) is 22.6 Å². The molecule has 2 N–H and O–H groups in total. The summed E-state index contributed by atoms with van der Waals surface area (Å²) >= 11 is 0. The van der Waals surface area contributed by atoms with Crippen LogP contribution in [0, 0.1) is 13.8 Å². The van der Waals surface area contributed by atoms with Gasteiger partial charge in [-0.25, -0.2) is 4.79 Å². The molecule has 130 valence electrons. The van der Waals surface area contributed by atoms with Crippen LogP contribution in [0.2, 0.25) is 0 Å². The van der Waals surface area contributed by atoms with E-state index in [-0.39, 0.29) is 18.7 Å². The zero-order valence-corrected chi connectivity index (χ0v) is 14.3. The number of hydrogen-bond acceptors (Lipinski definition) is 5. The summed E-state index contributed by atoms with van der Waals surface area (Å²) in [5.74, 6) is 0.257. The lowest BCUT2D eigenvalue weighted by atomic mass is 10.1. The van der Waals surface area contributed by atoms with Crippen molar-refractivity contribution < 1.29 is 19.1 Å². The number of hydrogen-bond donors (Lipinski definition) is 2. The first-order valence-corrected chi connectivity index (χ1v) is 7.67. The first kappa shape index (κ1) is 17.7. The summed E-state index contributed by atoms with van der Waals surface area (Å²) in [6, 6.07) is -1.16. The van der Waals surface area contributed by atoms with Gasteiger partial charge in [0, 0.05) is 30.8 Å². The van der Waals surface area contributed by atoms with Crippen LogP contribution < -0.4 is 15.4 Å². The van der Waals surface area contributed by atoms with Crippen LogP contribution in [0.4, 0.5) is 4.79 Å². The first-order chi connectivity index (χ1) is 11.3. The van der Waals surface area contributed by atoms with E-state index in [4.69, 9.17) is 4.74 Å². The van der Waals surface area contributed by atoms with Gasteiger partial charge in [-0.15, -0.1) is 0 Å². The van der Waals surface area contributed by atoms with Gasteiger partial charge in [0.25, 0.3) is 5.91 Å². The van der Waals surface area contributed by atoms with E-state index in [1.165, 1.54) is 0 Å². The maximum atomic E-state index is 12.2. The standard InChI is InChI=1S/C16H22N4O4/c1-9-7-17-12(10(2)14(9)24-4)8-20(3)13(21)6-5-11-15(22)19-16(23)18-11/h7,11H,5-6,8H2,1-4H3,(H2,18,19,22,23). The Labute approximate surface area is 140 Å². The van der Waals surface area contributed by atoms with Crippen molar-refractivity contribution in [2.75, 3.05) is 14.2 Å². The number of nitrogens with zero attached hydrogens (tertiary/aromatic N) is 2. The topological polar surface area (TPSA) is 101 Å². The van der Waals surface area contributed by atoms with E-state index < -0.39 is 18.0 Å². The molecular weight excluding hydrogens is 312 g/mol. The van der Waals surface area contributed by atoms with Crippen LogP contribution in [0.25, 0.3) is 0 Å². The molecule has 1 saturated heterocycles. The lowest BCUT2D eigenvalue weighted by molar-refractivity contribution is -0.130. The maximum Gasteiger partial charge on any atom is 0.322 e. The second kappa shape index (κ2) is 7.29. The van der Waals surface area contributed by atoms with Crippen LogP contribution in [-0.2, 0) is 16.1 Å². The summed E-state index contributed by atoms with van der Waals surface area (Å²) in [4.78, 5) is 40.7. The zero-order valence-electron chi connectivity index (χ0n) is 14.3. The number of urea groups is 1. The molecule has 1 aliphatic heterocycles. The molecule has 1 aromatic heterocycles. The molecule has 2 rings (SSSR count). The van der Waals surface area contributed by atoms with E-state index in [9.17, 15) is 14.4 Å². The highest BCUT2D eigenvalue weighted by molar-refractivity contribution is 6.04. The van der Waals surface area contributed by atoms with Gasteiger partial charge in [-0.1, -0.05) is 0 Å². The van der Waals surface area contributed by atoms with Crippen LogP contribution in [0.1, 0.15) is 29.7 Å². The van der Waals surface area contributed by atoms with Crippen LogP contribution in [0.5, 0.6) is 5.75 Å². The molecule has 1 unspecified atom stereocenters. The van der Waals surface area contributed by atoms with E-state index in [2.05, 4.69) is 15.6 Å². The smallest absolute Gasteiger partial charge is 0.322 e. The average molecular weight is 334 g/mol. The second-order valence-electron chi connectivity index (χ2n) is 5.85. The Hall–Kier alpha value is -2.64. The van der Waals surface area contributed by atoms with Crippen LogP contribution >= 0.6 is 0 Å². The highest BCUT2D eigenvalue weighted by atomic mass is 16.5.